The molecule has 0 aliphatic carbocycles. The van der Waals surface area contributed by atoms with Gasteiger partial charge in [0.15, 0.2) is 18.2 Å². The maximum absolute atomic E-state index is 12.9. The first-order valence-electron chi connectivity index (χ1n) is 13.0. The maximum atomic E-state index is 12.9. The van der Waals surface area contributed by atoms with E-state index in [0.717, 1.165) is 12.1 Å². The second kappa shape index (κ2) is 12.2. The first kappa shape index (κ1) is 30.9. The van der Waals surface area contributed by atoms with Crippen molar-refractivity contribution in [2.45, 2.75) is 61.4 Å². The molecule has 2 aliphatic rings. The third-order valence-corrected chi connectivity index (χ3v) is 7.27. The topological polar surface area (TPSA) is 269 Å². The molecule has 3 heterocycles. The van der Waals surface area contributed by atoms with Crippen molar-refractivity contribution in [2.75, 3.05) is 13.2 Å². The van der Waals surface area contributed by atoms with Crippen LogP contribution in [0.25, 0.3) is 22.3 Å². The summed E-state index contributed by atoms with van der Waals surface area (Å²) in [5, 5.41) is 101. The van der Waals surface area contributed by atoms with Crippen LogP contribution in [0.4, 0.5) is 0 Å². The molecule has 10 atom stereocenters. The lowest BCUT2D eigenvalue weighted by atomic mass is 9.97. The van der Waals surface area contributed by atoms with E-state index in [0.29, 0.717) is 0 Å². The smallest absolute Gasteiger partial charge is 0.238 e. The van der Waals surface area contributed by atoms with Gasteiger partial charge >= 0.3 is 0 Å². The van der Waals surface area contributed by atoms with Gasteiger partial charge in [0.2, 0.25) is 17.5 Å². The summed E-state index contributed by atoms with van der Waals surface area (Å²) in [6.07, 6.45) is -17.0. The Morgan fingerprint density at radius 3 is 1.98 bits per heavy atom. The van der Waals surface area contributed by atoms with Crippen LogP contribution in [0.3, 0.4) is 0 Å². The normalized spacial score (nSPS) is 33.0. The summed E-state index contributed by atoms with van der Waals surface area (Å²) in [4.78, 5) is 12.9. The molecule has 16 heteroatoms. The highest BCUT2D eigenvalue weighted by Crippen LogP contribution is 2.37. The van der Waals surface area contributed by atoms with Crippen molar-refractivity contribution in [3.05, 3.63) is 46.6 Å². The zero-order valence-electron chi connectivity index (χ0n) is 22.1. The SMILES string of the molecule is O=c1c(O)c(-c2ccc(O)cc2)oc2cc(O[C@@H]3O[C@@H](CO)[C@@H](O)[C@H](O)[C@H]3O[C@@H]3O[C@H](CO)[C@@H](O)[C@H](O)[C@@H]3O)cc(O)c12. The predicted octanol–water partition coefficient (Wildman–Crippen LogP) is -2.42. The van der Waals surface area contributed by atoms with Crippen LogP contribution in [0.5, 0.6) is 23.0 Å². The summed E-state index contributed by atoms with van der Waals surface area (Å²) in [5.41, 5.74) is -1.03. The van der Waals surface area contributed by atoms with E-state index in [1.165, 1.54) is 24.3 Å². The molecule has 10 N–H and O–H groups in total. The largest absolute Gasteiger partial charge is 0.508 e. The van der Waals surface area contributed by atoms with Crippen LogP contribution >= 0.6 is 0 Å². The van der Waals surface area contributed by atoms with Crippen LogP contribution in [0.15, 0.2) is 45.6 Å². The molecule has 2 fully saturated rings. The number of rotatable bonds is 7. The molecule has 234 valence electrons. The van der Waals surface area contributed by atoms with E-state index in [9.17, 15) is 55.9 Å². The summed E-state index contributed by atoms with van der Waals surface area (Å²) >= 11 is 0. The molecule has 5 rings (SSSR count). The lowest BCUT2D eigenvalue weighted by Crippen LogP contribution is -2.65. The van der Waals surface area contributed by atoms with E-state index < -0.39 is 96.9 Å². The van der Waals surface area contributed by atoms with Crippen LogP contribution in [0, 0.1) is 0 Å². The van der Waals surface area contributed by atoms with Crippen molar-refractivity contribution in [2.24, 2.45) is 0 Å². The zero-order chi connectivity index (χ0) is 31.2. The van der Waals surface area contributed by atoms with Gasteiger partial charge in [0.25, 0.3) is 0 Å². The van der Waals surface area contributed by atoms with E-state index in [4.69, 9.17) is 23.4 Å². The van der Waals surface area contributed by atoms with E-state index in [2.05, 4.69) is 0 Å². The fourth-order valence-corrected chi connectivity index (χ4v) is 4.91. The Morgan fingerprint density at radius 2 is 1.35 bits per heavy atom. The summed E-state index contributed by atoms with van der Waals surface area (Å²) in [5.74, 6) is -2.11. The van der Waals surface area contributed by atoms with Crippen molar-refractivity contribution in [3.8, 4) is 34.3 Å². The first-order valence-corrected chi connectivity index (χ1v) is 13.0. The van der Waals surface area contributed by atoms with Crippen molar-refractivity contribution >= 4 is 11.0 Å². The average Bonchev–Trinajstić information content (AvgIpc) is 2.98. The Bertz CT molecular complexity index is 1490. The lowest BCUT2D eigenvalue weighted by molar-refractivity contribution is -0.357. The van der Waals surface area contributed by atoms with Gasteiger partial charge in [-0.1, -0.05) is 0 Å². The van der Waals surface area contributed by atoms with Gasteiger partial charge in [0.1, 0.15) is 70.9 Å². The fraction of sp³-hybridized carbons (Fsp3) is 0.444. The minimum atomic E-state index is -1.89. The molecule has 0 saturated carbocycles. The lowest BCUT2D eigenvalue weighted by Gasteiger charge is -2.45. The standard InChI is InChI=1S/C27H30O16/c28-7-14-17(32)20(35)23(38)26(41-14)43-25-21(36)18(33)15(8-29)42-27(25)39-11-5-12(31)16-13(6-11)40-24(22(37)19(16)34)9-1-3-10(30)4-2-9/h1-6,14-15,17-18,20-21,23,25-33,35-38H,7-8H2/t14-,15+,17-,18-,20+,21+,23+,25-,26+,27-/m1/s1. The van der Waals surface area contributed by atoms with Crippen molar-refractivity contribution in [3.63, 3.8) is 0 Å². The highest BCUT2D eigenvalue weighted by molar-refractivity contribution is 5.88. The summed E-state index contributed by atoms with van der Waals surface area (Å²) in [7, 11) is 0. The van der Waals surface area contributed by atoms with Gasteiger partial charge in [-0.25, -0.2) is 0 Å². The number of aliphatic hydroxyl groups is 7. The van der Waals surface area contributed by atoms with E-state index in [1.807, 2.05) is 0 Å². The number of ether oxygens (including phenoxy) is 4. The van der Waals surface area contributed by atoms with Crippen LogP contribution in [-0.4, -0.2) is 126 Å². The first-order chi connectivity index (χ1) is 20.4. The van der Waals surface area contributed by atoms with Gasteiger partial charge in [-0.2, -0.15) is 0 Å². The second-order valence-electron chi connectivity index (χ2n) is 10.1. The number of fused-ring (bicyclic) bond motifs is 1. The highest BCUT2D eigenvalue weighted by atomic mass is 16.8. The quantitative estimate of drug-likeness (QED) is 0.133. The third kappa shape index (κ3) is 5.73. The molecule has 2 aromatic carbocycles. The molecule has 0 spiro atoms. The number of phenols is 2. The average molecular weight is 611 g/mol. The minimum Gasteiger partial charge on any atom is -0.508 e. The Kier molecular flexibility index (Phi) is 8.77. The minimum absolute atomic E-state index is 0.0823. The van der Waals surface area contributed by atoms with Gasteiger partial charge in [-0.15, -0.1) is 0 Å². The fourth-order valence-electron chi connectivity index (χ4n) is 4.91. The van der Waals surface area contributed by atoms with Crippen molar-refractivity contribution in [1.29, 1.82) is 0 Å². The molecule has 0 bridgehead atoms. The van der Waals surface area contributed by atoms with Crippen molar-refractivity contribution < 1.29 is 74.4 Å². The summed E-state index contributed by atoms with van der Waals surface area (Å²) in [6.45, 7) is -1.55. The van der Waals surface area contributed by atoms with Crippen LogP contribution in [0.1, 0.15) is 0 Å². The number of hydrogen-bond donors (Lipinski definition) is 10. The molecule has 16 nitrogen and oxygen atoms in total. The number of aliphatic hydroxyl groups excluding tert-OH is 7. The van der Waals surface area contributed by atoms with Crippen LogP contribution in [-0.2, 0) is 14.2 Å². The van der Waals surface area contributed by atoms with E-state index >= 15 is 0 Å². The summed E-state index contributed by atoms with van der Waals surface area (Å²) < 4.78 is 28.0. The monoisotopic (exact) mass is 610 g/mol. The molecule has 0 amide bonds. The van der Waals surface area contributed by atoms with Gasteiger partial charge in [-0.05, 0) is 24.3 Å². The molecule has 0 radical (unpaired) electrons. The molecule has 1 aromatic heterocycles. The Balaban J connectivity index is 1.50. The summed E-state index contributed by atoms with van der Waals surface area (Å²) in [6, 6.07) is 7.43. The van der Waals surface area contributed by atoms with Crippen molar-refractivity contribution in [1.82, 2.24) is 0 Å². The van der Waals surface area contributed by atoms with Crippen LogP contribution in [0.2, 0.25) is 0 Å². The molecule has 3 aromatic rings. The Labute approximate surface area is 241 Å². The molecule has 0 unspecified atom stereocenters. The van der Waals surface area contributed by atoms with Gasteiger partial charge in [0.05, 0.1) is 13.2 Å². The second-order valence-corrected chi connectivity index (χ2v) is 10.1. The number of phenolic OH excluding ortho intramolecular Hbond substituents is 2. The van der Waals surface area contributed by atoms with Gasteiger partial charge in [0, 0.05) is 17.7 Å². The highest BCUT2D eigenvalue weighted by Gasteiger charge is 2.51. The predicted molar refractivity (Wildman–Crippen MR) is 140 cm³/mol. The van der Waals surface area contributed by atoms with Gasteiger partial charge < -0.3 is 74.4 Å². The molecule has 2 aliphatic heterocycles. The molecular formula is C27H30O16. The number of hydrogen-bond acceptors (Lipinski definition) is 16. The number of benzene rings is 2. The third-order valence-electron chi connectivity index (χ3n) is 7.27. The molecule has 2 saturated heterocycles. The van der Waals surface area contributed by atoms with Crippen LogP contribution < -0.4 is 10.2 Å². The van der Waals surface area contributed by atoms with E-state index in [-0.39, 0.29) is 28.4 Å². The molecule has 43 heavy (non-hydrogen) atoms. The van der Waals surface area contributed by atoms with E-state index in [1.54, 1.807) is 0 Å². The Hall–Kier alpha value is -3.55. The maximum Gasteiger partial charge on any atom is 0.238 e. The zero-order valence-corrected chi connectivity index (χ0v) is 22.1. The van der Waals surface area contributed by atoms with Gasteiger partial charge in [-0.3, -0.25) is 4.79 Å². The molecular weight excluding hydrogens is 580 g/mol. The Morgan fingerprint density at radius 1 is 0.744 bits per heavy atom. The number of aromatic hydroxyl groups is 3.